The van der Waals surface area contributed by atoms with Gasteiger partial charge in [0.05, 0.1) is 5.69 Å². The second-order valence-electron chi connectivity index (χ2n) is 6.91. The van der Waals surface area contributed by atoms with Crippen molar-refractivity contribution in [1.29, 1.82) is 0 Å². The van der Waals surface area contributed by atoms with E-state index in [1.165, 1.54) is 22.4 Å². The maximum absolute atomic E-state index is 5.01. The molecule has 2 aromatic heterocycles. The number of hydrogen-bond donors (Lipinski definition) is 1. The predicted octanol–water partition coefficient (Wildman–Crippen LogP) is 2.75. The van der Waals surface area contributed by atoms with Crippen molar-refractivity contribution in [2.45, 2.75) is 25.9 Å². The van der Waals surface area contributed by atoms with Crippen LogP contribution in [0.1, 0.15) is 22.4 Å². The molecular formula is C21H21N5. The van der Waals surface area contributed by atoms with Crippen LogP contribution in [0.4, 0.5) is 5.82 Å². The zero-order valence-electron chi connectivity index (χ0n) is 14.7. The summed E-state index contributed by atoms with van der Waals surface area (Å²) in [7, 11) is 0. The number of pyridine rings is 1. The number of aromatic nitrogens is 3. The van der Waals surface area contributed by atoms with Gasteiger partial charge in [0.25, 0.3) is 0 Å². The zero-order chi connectivity index (χ0) is 17.3. The molecule has 0 spiro atoms. The van der Waals surface area contributed by atoms with Gasteiger partial charge in [0.15, 0.2) is 5.82 Å². The molecule has 0 atom stereocenters. The zero-order valence-corrected chi connectivity index (χ0v) is 14.7. The summed E-state index contributed by atoms with van der Waals surface area (Å²) < 4.78 is 0. The Hall–Kier alpha value is -2.79. The minimum Gasteiger partial charge on any atom is -0.348 e. The van der Waals surface area contributed by atoms with Crippen molar-refractivity contribution in [1.82, 2.24) is 20.3 Å². The largest absolute Gasteiger partial charge is 0.348 e. The number of anilines is 1. The second-order valence-corrected chi connectivity index (χ2v) is 6.91. The first-order valence-electron chi connectivity index (χ1n) is 9.21. The number of nitrogens with zero attached hydrogens (tertiary/aromatic N) is 4. The van der Waals surface area contributed by atoms with Gasteiger partial charge in [-0.2, -0.15) is 0 Å². The van der Waals surface area contributed by atoms with Gasteiger partial charge in [0.2, 0.25) is 0 Å². The molecule has 5 rings (SSSR count). The van der Waals surface area contributed by atoms with Crippen LogP contribution in [-0.2, 0) is 25.9 Å². The third kappa shape index (κ3) is 2.74. The average molecular weight is 343 g/mol. The maximum atomic E-state index is 5.01. The Morgan fingerprint density at radius 1 is 0.885 bits per heavy atom. The van der Waals surface area contributed by atoms with Gasteiger partial charge in [-0.05, 0) is 36.2 Å². The van der Waals surface area contributed by atoms with Gasteiger partial charge in [-0.15, -0.1) is 0 Å². The average Bonchev–Trinajstić information content (AvgIpc) is 2.98. The monoisotopic (exact) mass is 343 g/mol. The van der Waals surface area contributed by atoms with Gasteiger partial charge in [-0.3, -0.25) is 4.98 Å². The molecule has 1 N–H and O–H groups in total. The first-order valence-corrected chi connectivity index (χ1v) is 9.21. The van der Waals surface area contributed by atoms with Crippen LogP contribution in [0.25, 0.3) is 11.4 Å². The van der Waals surface area contributed by atoms with E-state index in [1.54, 1.807) is 6.20 Å². The Balaban J connectivity index is 1.62. The molecule has 1 aromatic carbocycles. The van der Waals surface area contributed by atoms with Crippen molar-refractivity contribution < 1.29 is 0 Å². The topological polar surface area (TPSA) is 53.9 Å². The highest BCUT2D eigenvalue weighted by Gasteiger charge is 2.25. The summed E-state index contributed by atoms with van der Waals surface area (Å²) in [4.78, 5) is 16.6. The van der Waals surface area contributed by atoms with Crippen molar-refractivity contribution in [3.8, 4) is 11.4 Å². The van der Waals surface area contributed by atoms with Crippen LogP contribution >= 0.6 is 0 Å². The minimum absolute atomic E-state index is 0.782. The fourth-order valence-electron chi connectivity index (χ4n) is 3.89. The fourth-order valence-corrected chi connectivity index (χ4v) is 3.89. The Morgan fingerprint density at radius 2 is 1.69 bits per heavy atom. The van der Waals surface area contributed by atoms with Crippen LogP contribution in [0.3, 0.4) is 0 Å². The van der Waals surface area contributed by atoms with Gasteiger partial charge in [0, 0.05) is 49.6 Å². The molecule has 0 saturated heterocycles. The van der Waals surface area contributed by atoms with Crippen LogP contribution in [-0.4, -0.2) is 28.0 Å². The molecule has 0 amide bonds. The molecule has 2 aliphatic heterocycles. The Kier molecular flexibility index (Phi) is 3.87. The third-order valence-electron chi connectivity index (χ3n) is 5.22. The van der Waals surface area contributed by atoms with E-state index in [9.17, 15) is 0 Å². The van der Waals surface area contributed by atoms with Crippen LogP contribution in [0, 0.1) is 0 Å². The van der Waals surface area contributed by atoms with E-state index in [1.807, 2.05) is 18.3 Å². The number of benzene rings is 1. The summed E-state index contributed by atoms with van der Waals surface area (Å²) in [6.45, 7) is 3.78. The molecule has 5 nitrogen and oxygen atoms in total. The molecule has 5 heteroatoms. The molecule has 0 unspecified atom stereocenters. The summed E-state index contributed by atoms with van der Waals surface area (Å²) >= 11 is 0. The van der Waals surface area contributed by atoms with Gasteiger partial charge >= 0.3 is 0 Å². The third-order valence-corrected chi connectivity index (χ3v) is 5.22. The highest BCUT2D eigenvalue weighted by molar-refractivity contribution is 5.61. The lowest BCUT2D eigenvalue weighted by atomic mass is 10.1. The predicted molar refractivity (Wildman–Crippen MR) is 102 cm³/mol. The van der Waals surface area contributed by atoms with E-state index in [4.69, 9.17) is 9.97 Å². The lowest BCUT2D eigenvalue weighted by Crippen LogP contribution is -2.20. The van der Waals surface area contributed by atoms with E-state index in [2.05, 4.69) is 39.5 Å². The summed E-state index contributed by atoms with van der Waals surface area (Å²) in [5.41, 5.74) is 6.25. The first-order chi connectivity index (χ1) is 12.9. The smallest absolute Gasteiger partial charge is 0.163 e. The van der Waals surface area contributed by atoms with Crippen LogP contribution in [0.5, 0.6) is 0 Å². The Bertz CT molecular complexity index is 913. The number of rotatable bonds is 2. The summed E-state index contributed by atoms with van der Waals surface area (Å²) in [5, 5.41) is 3.49. The lowest BCUT2D eigenvalue weighted by molar-refractivity contribution is 0.708. The standard InChI is InChI=1S/C21H21N5/c1-2-5-17-14-26(13-16(17)4-1)21-18-7-10-22-11-8-19(18)24-20(25-21)15-6-3-9-23-12-15/h1-6,9,12,22H,7-8,10-11,13-14H2. The van der Waals surface area contributed by atoms with Gasteiger partial charge in [0.1, 0.15) is 5.82 Å². The molecule has 3 aromatic rings. The summed E-state index contributed by atoms with van der Waals surface area (Å²) in [6.07, 6.45) is 5.55. The quantitative estimate of drug-likeness (QED) is 0.775. The molecule has 0 fully saturated rings. The Labute approximate surface area is 153 Å². The minimum atomic E-state index is 0.782. The number of nitrogens with one attached hydrogen (secondary N) is 1. The summed E-state index contributed by atoms with van der Waals surface area (Å²) in [5.74, 6) is 1.87. The second kappa shape index (κ2) is 6.50. The van der Waals surface area contributed by atoms with E-state index < -0.39 is 0 Å². The van der Waals surface area contributed by atoms with Crippen LogP contribution in [0.2, 0.25) is 0 Å². The Morgan fingerprint density at radius 3 is 2.46 bits per heavy atom. The molecule has 4 heterocycles. The molecular weight excluding hydrogens is 322 g/mol. The van der Waals surface area contributed by atoms with Crippen molar-refractivity contribution in [2.24, 2.45) is 0 Å². The van der Waals surface area contributed by atoms with Crippen molar-refractivity contribution in [3.63, 3.8) is 0 Å². The van der Waals surface area contributed by atoms with Crippen molar-refractivity contribution >= 4 is 5.82 Å². The molecule has 0 saturated carbocycles. The van der Waals surface area contributed by atoms with Gasteiger partial charge < -0.3 is 10.2 Å². The molecule has 26 heavy (non-hydrogen) atoms. The molecule has 0 aliphatic carbocycles. The van der Waals surface area contributed by atoms with Crippen LogP contribution < -0.4 is 10.2 Å². The first kappa shape index (κ1) is 15.5. The molecule has 130 valence electrons. The SMILES string of the molecule is c1cncc(-c2nc3c(c(N4Cc5ccccc5C4)n2)CCNCC3)c1. The molecule has 2 aliphatic rings. The van der Waals surface area contributed by atoms with Gasteiger partial charge in [-0.25, -0.2) is 9.97 Å². The lowest BCUT2D eigenvalue weighted by Gasteiger charge is -2.22. The van der Waals surface area contributed by atoms with Gasteiger partial charge in [-0.1, -0.05) is 24.3 Å². The van der Waals surface area contributed by atoms with E-state index in [0.29, 0.717) is 0 Å². The normalized spacial score (nSPS) is 16.1. The van der Waals surface area contributed by atoms with Crippen molar-refractivity contribution in [3.05, 3.63) is 71.2 Å². The molecule has 0 radical (unpaired) electrons. The number of hydrogen-bond acceptors (Lipinski definition) is 5. The van der Waals surface area contributed by atoms with Crippen LogP contribution in [0.15, 0.2) is 48.8 Å². The van der Waals surface area contributed by atoms with E-state index in [0.717, 1.165) is 56.2 Å². The number of fused-ring (bicyclic) bond motifs is 2. The van der Waals surface area contributed by atoms with Crippen molar-refractivity contribution in [2.75, 3.05) is 18.0 Å². The van der Waals surface area contributed by atoms with E-state index >= 15 is 0 Å². The highest BCUT2D eigenvalue weighted by Crippen LogP contribution is 2.32. The fraction of sp³-hybridized carbons (Fsp3) is 0.286. The highest BCUT2D eigenvalue weighted by atomic mass is 15.2. The maximum Gasteiger partial charge on any atom is 0.163 e. The molecule has 0 bridgehead atoms. The van der Waals surface area contributed by atoms with E-state index in [-0.39, 0.29) is 0 Å². The summed E-state index contributed by atoms with van der Waals surface area (Å²) in [6, 6.07) is 12.7.